The molecule has 0 heterocycles. The van der Waals surface area contributed by atoms with E-state index in [1.807, 2.05) is 0 Å². The average molecular weight is 164 g/mol. The monoisotopic (exact) mass is 164 g/mol. The molecule has 0 saturated heterocycles. The van der Waals surface area contributed by atoms with Gasteiger partial charge in [0, 0.05) is 19.6 Å². The first-order valence-electron chi connectivity index (χ1n) is 3.66. The van der Waals surface area contributed by atoms with Gasteiger partial charge in [0.2, 0.25) is 0 Å². The van der Waals surface area contributed by atoms with Gasteiger partial charge in [-0.1, -0.05) is 0 Å². The molecule has 0 atom stereocenters. The maximum Gasteiger partial charge on any atom is 0.0572 e. The van der Waals surface area contributed by atoms with Crippen molar-refractivity contribution in [2.75, 3.05) is 39.5 Å². The molecule has 0 aliphatic carbocycles. The SMILES string of the molecule is OCCNN(CCO)CCO. The average Bonchev–Trinajstić information content (AvgIpc) is 2.01. The van der Waals surface area contributed by atoms with Crippen LogP contribution in [0.2, 0.25) is 0 Å². The first-order valence-corrected chi connectivity index (χ1v) is 3.66. The molecule has 0 radical (unpaired) electrons. The highest BCUT2D eigenvalue weighted by Crippen LogP contribution is 1.79. The molecule has 0 amide bonds. The summed E-state index contributed by atoms with van der Waals surface area (Å²) in [5.41, 5.74) is 2.83. The minimum atomic E-state index is 0.0401. The van der Waals surface area contributed by atoms with Crippen LogP contribution in [0.25, 0.3) is 0 Å². The van der Waals surface area contributed by atoms with Gasteiger partial charge in [-0.2, -0.15) is 0 Å². The smallest absolute Gasteiger partial charge is 0.0572 e. The number of aliphatic hydroxyl groups is 3. The van der Waals surface area contributed by atoms with Crippen LogP contribution in [-0.4, -0.2) is 59.8 Å². The van der Waals surface area contributed by atoms with Crippen LogP contribution < -0.4 is 5.43 Å². The molecule has 0 aromatic rings. The quantitative estimate of drug-likeness (QED) is 0.320. The van der Waals surface area contributed by atoms with Crippen LogP contribution in [0.1, 0.15) is 0 Å². The summed E-state index contributed by atoms with van der Waals surface area (Å²) in [6.45, 7) is 1.49. The summed E-state index contributed by atoms with van der Waals surface area (Å²) >= 11 is 0. The van der Waals surface area contributed by atoms with Crippen molar-refractivity contribution in [3.05, 3.63) is 0 Å². The summed E-state index contributed by atoms with van der Waals surface area (Å²) in [5.74, 6) is 0. The Morgan fingerprint density at radius 2 is 1.45 bits per heavy atom. The Kier molecular flexibility index (Phi) is 7.76. The Bertz CT molecular complexity index is 76.2. The molecule has 0 aliphatic heterocycles. The molecule has 0 aromatic carbocycles. The van der Waals surface area contributed by atoms with Crippen LogP contribution >= 0.6 is 0 Å². The van der Waals surface area contributed by atoms with Crippen molar-refractivity contribution in [2.45, 2.75) is 0 Å². The van der Waals surface area contributed by atoms with Crippen molar-refractivity contribution in [3.63, 3.8) is 0 Å². The predicted octanol–water partition coefficient (Wildman–Crippen LogP) is -2.23. The lowest BCUT2D eigenvalue weighted by Gasteiger charge is -2.20. The third-order valence-corrected chi connectivity index (χ3v) is 1.19. The molecule has 0 fully saturated rings. The summed E-state index contributed by atoms with van der Waals surface area (Å²) in [6, 6.07) is 0. The highest BCUT2D eigenvalue weighted by molar-refractivity contribution is 4.49. The fourth-order valence-corrected chi connectivity index (χ4v) is 0.719. The van der Waals surface area contributed by atoms with Crippen molar-refractivity contribution in [2.24, 2.45) is 0 Å². The molecule has 68 valence electrons. The van der Waals surface area contributed by atoms with Crippen LogP contribution in [0, 0.1) is 0 Å². The zero-order chi connectivity index (χ0) is 8.53. The second-order valence-corrected chi connectivity index (χ2v) is 2.07. The van der Waals surface area contributed by atoms with Crippen LogP contribution in [0.4, 0.5) is 0 Å². The first-order chi connectivity index (χ1) is 5.35. The number of hydrazine groups is 1. The molecule has 0 unspecified atom stereocenters. The van der Waals surface area contributed by atoms with Crippen LogP contribution in [0.15, 0.2) is 0 Å². The summed E-state index contributed by atoms with van der Waals surface area (Å²) in [6.07, 6.45) is 0. The van der Waals surface area contributed by atoms with Gasteiger partial charge in [-0.25, -0.2) is 5.01 Å². The number of aliphatic hydroxyl groups excluding tert-OH is 3. The zero-order valence-corrected chi connectivity index (χ0v) is 6.53. The number of nitrogens with one attached hydrogen (secondary N) is 1. The van der Waals surface area contributed by atoms with Gasteiger partial charge in [-0.3, -0.25) is 5.43 Å². The lowest BCUT2D eigenvalue weighted by molar-refractivity contribution is 0.106. The Balaban J connectivity index is 3.34. The summed E-state index contributed by atoms with van der Waals surface area (Å²) in [7, 11) is 0. The molecule has 4 N–H and O–H groups in total. The van der Waals surface area contributed by atoms with Crippen molar-refractivity contribution < 1.29 is 15.3 Å². The molecular formula is C6H16N2O3. The highest BCUT2D eigenvalue weighted by atomic mass is 16.3. The number of hydrogen-bond acceptors (Lipinski definition) is 5. The molecular weight excluding hydrogens is 148 g/mol. The van der Waals surface area contributed by atoms with Crippen molar-refractivity contribution in [1.29, 1.82) is 0 Å². The van der Waals surface area contributed by atoms with Gasteiger partial charge >= 0.3 is 0 Å². The number of nitrogens with zero attached hydrogens (tertiary/aromatic N) is 1. The van der Waals surface area contributed by atoms with E-state index in [-0.39, 0.29) is 19.8 Å². The van der Waals surface area contributed by atoms with Gasteiger partial charge in [0.1, 0.15) is 0 Å². The highest BCUT2D eigenvalue weighted by Gasteiger charge is 1.99. The van der Waals surface area contributed by atoms with Crippen LogP contribution in [0.3, 0.4) is 0 Å². The summed E-state index contributed by atoms with van der Waals surface area (Å²) in [5, 5.41) is 27.2. The van der Waals surface area contributed by atoms with Gasteiger partial charge < -0.3 is 15.3 Å². The van der Waals surface area contributed by atoms with E-state index >= 15 is 0 Å². The molecule has 5 heteroatoms. The van der Waals surface area contributed by atoms with E-state index in [4.69, 9.17) is 15.3 Å². The molecule has 0 bridgehead atoms. The molecule has 0 rings (SSSR count). The molecule has 0 aromatic heterocycles. The van der Waals surface area contributed by atoms with Crippen LogP contribution in [-0.2, 0) is 0 Å². The van der Waals surface area contributed by atoms with Gasteiger partial charge in [0.15, 0.2) is 0 Å². The lowest BCUT2D eigenvalue weighted by atomic mass is 10.6. The summed E-state index contributed by atoms with van der Waals surface area (Å²) < 4.78 is 0. The molecule has 0 spiro atoms. The van der Waals surface area contributed by atoms with Crippen molar-refractivity contribution >= 4 is 0 Å². The maximum absolute atomic E-state index is 8.54. The van der Waals surface area contributed by atoms with Gasteiger partial charge in [0.05, 0.1) is 19.8 Å². The van der Waals surface area contributed by atoms with E-state index in [0.29, 0.717) is 19.6 Å². The van der Waals surface area contributed by atoms with E-state index in [1.54, 1.807) is 5.01 Å². The normalized spacial score (nSPS) is 10.9. The van der Waals surface area contributed by atoms with Gasteiger partial charge in [0.25, 0.3) is 0 Å². The molecule has 5 nitrogen and oxygen atoms in total. The second kappa shape index (κ2) is 7.90. The van der Waals surface area contributed by atoms with Crippen molar-refractivity contribution in [3.8, 4) is 0 Å². The van der Waals surface area contributed by atoms with E-state index in [2.05, 4.69) is 5.43 Å². The maximum atomic E-state index is 8.54. The van der Waals surface area contributed by atoms with E-state index in [9.17, 15) is 0 Å². The Hall–Kier alpha value is -0.200. The second-order valence-electron chi connectivity index (χ2n) is 2.07. The summed E-state index contributed by atoms with van der Waals surface area (Å²) in [4.78, 5) is 0. The van der Waals surface area contributed by atoms with Gasteiger partial charge in [-0.05, 0) is 0 Å². The minimum Gasteiger partial charge on any atom is -0.395 e. The third kappa shape index (κ3) is 6.21. The number of hydrogen-bond donors (Lipinski definition) is 4. The fraction of sp³-hybridized carbons (Fsp3) is 1.00. The van der Waals surface area contributed by atoms with Crippen LogP contribution in [0.5, 0.6) is 0 Å². The minimum absolute atomic E-state index is 0.0401. The Labute approximate surface area is 66.2 Å². The largest absolute Gasteiger partial charge is 0.395 e. The number of rotatable bonds is 7. The molecule has 0 aliphatic rings. The Morgan fingerprint density at radius 1 is 0.909 bits per heavy atom. The van der Waals surface area contributed by atoms with E-state index in [0.717, 1.165) is 0 Å². The van der Waals surface area contributed by atoms with E-state index < -0.39 is 0 Å². The van der Waals surface area contributed by atoms with E-state index in [1.165, 1.54) is 0 Å². The standard InChI is InChI=1S/C6H16N2O3/c9-4-1-7-8(2-5-10)3-6-11/h7,9-11H,1-6H2. The molecule has 11 heavy (non-hydrogen) atoms. The van der Waals surface area contributed by atoms with Crippen molar-refractivity contribution in [1.82, 2.24) is 10.4 Å². The molecule has 0 saturated carbocycles. The zero-order valence-electron chi connectivity index (χ0n) is 6.53. The van der Waals surface area contributed by atoms with Gasteiger partial charge in [-0.15, -0.1) is 0 Å². The predicted molar refractivity (Wildman–Crippen MR) is 40.8 cm³/mol. The topological polar surface area (TPSA) is 76.0 Å². The first kappa shape index (κ1) is 10.8. The lowest BCUT2D eigenvalue weighted by Crippen LogP contribution is -2.43. The Morgan fingerprint density at radius 3 is 1.82 bits per heavy atom. The third-order valence-electron chi connectivity index (χ3n) is 1.19. The fourth-order valence-electron chi connectivity index (χ4n) is 0.719.